The van der Waals surface area contributed by atoms with Gasteiger partial charge in [-0.05, 0) is 75.0 Å². The van der Waals surface area contributed by atoms with Crippen molar-refractivity contribution >= 4 is 23.0 Å². The van der Waals surface area contributed by atoms with Crippen molar-refractivity contribution in [3.63, 3.8) is 0 Å². The quantitative estimate of drug-likeness (QED) is 0.335. The minimum absolute atomic E-state index is 0.00449. The molecule has 2 aliphatic rings. The number of aryl methyl sites for hydroxylation is 1. The lowest BCUT2D eigenvalue weighted by molar-refractivity contribution is 0.0924. The molecule has 0 saturated heterocycles. The summed E-state index contributed by atoms with van der Waals surface area (Å²) in [5.74, 6) is 1.59. The molecule has 2 saturated carbocycles. The van der Waals surface area contributed by atoms with Crippen LogP contribution in [0.4, 0.5) is 4.79 Å². The van der Waals surface area contributed by atoms with Gasteiger partial charge in [0.25, 0.3) is 5.91 Å². The van der Waals surface area contributed by atoms with E-state index in [0.29, 0.717) is 42.4 Å². The highest BCUT2D eigenvalue weighted by atomic mass is 16.5. The highest BCUT2D eigenvalue weighted by molar-refractivity contribution is 6.09. The van der Waals surface area contributed by atoms with Crippen LogP contribution in [0.2, 0.25) is 0 Å². The van der Waals surface area contributed by atoms with E-state index in [1.807, 2.05) is 13.0 Å². The minimum atomic E-state index is -1.00. The first-order valence-corrected chi connectivity index (χ1v) is 13.2. The molecule has 0 spiro atoms. The molecule has 0 atom stereocenters. The molecule has 0 aliphatic heterocycles. The number of aromatic amines is 1. The van der Waals surface area contributed by atoms with Gasteiger partial charge in [-0.25, -0.2) is 14.8 Å². The molecule has 9 heteroatoms. The van der Waals surface area contributed by atoms with Gasteiger partial charge in [0.15, 0.2) is 0 Å². The van der Waals surface area contributed by atoms with Crippen LogP contribution in [-0.4, -0.2) is 50.7 Å². The highest BCUT2D eigenvalue weighted by Crippen LogP contribution is 2.38. The molecule has 196 valence electrons. The topological polar surface area (TPSA) is 129 Å². The summed E-state index contributed by atoms with van der Waals surface area (Å²) in [4.78, 5) is 36.8. The minimum Gasteiger partial charge on any atom is -0.493 e. The summed E-state index contributed by atoms with van der Waals surface area (Å²) in [6.45, 7) is 6.89. The Morgan fingerprint density at radius 1 is 1.08 bits per heavy atom. The first-order valence-electron chi connectivity index (χ1n) is 13.2. The smallest absolute Gasteiger partial charge is 0.404 e. The number of carboxylic acid groups (broad SMARTS) is 1. The van der Waals surface area contributed by atoms with Crippen LogP contribution in [0.5, 0.6) is 5.75 Å². The number of amides is 2. The normalized spacial score (nSPS) is 19.7. The van der Waals surface area contributed by atoms with E-state index in [1.165, 1.54) is 24.7 Å². The number of ether oxygens (including phenoxy) is 1. The van der Waals surface area contributed by atoms with Crippen LogP contribution in [0, 0.1) is 12.8 Å². The van der Waals surface area contributed by atoms with E-state index in [4.69, 9.17) is 9.84 Å². The Labute approximate surface area is 216 Å². The number of fused-ring (bicyclic) bond motifs is 1. The van der Waals surface area contributed by atoms with Crippen molar-refractivity contribution in [1.82, 2.24) is 25.6 Å². The van der Waals surface area contributed by atoms with Crippen molar-refractivity contribution < 1.29 is 19.4 Å². The molecule has 3 aromatic rings. The highest BCUT2D eigenvalue weighted by Gasteiger charge is 2.27. The van der Waals surface area contributed by atoms with E-state index in [0.717, 1.165) is 41.1 Å². The SMILES string of the molecule is Cc1[nH]c2c(-c3cc(C(C)C)ccc3OCC3CC3)ncnc2c1C(=O)NC1CCC(NC(=O)O)CC1. The van der Waals surface area contributed by atoms with Gasteiger partial charge in [0.1, 0.15) is 23.3 Å². The zero-order chi connectivity index (χ0) is 26.1. The lowest BCUT2D eigenvalue weighted by atomic mass is 9.91. The second-order valence-electron chi connectivity index (χ2n) is 10.7. The Kier molecular flexibility index (Phi) is 7.04. The number of benzene rings is 1. The maximum Gasteiger partial charge on any atom is 0.404 e. The average molecular weight is 506 g/mol. The van der Waals surface area contributed by atoms with Gasteiger partial charge in [0, 0.05) is 23.3 Å². The van der Waals surface area contributed by atoms with Crippen molar-refractivity contribution in [2.75, 3.05) is 6.61 Å². The summed E-state index contributed by atoms with van der Waals surface area (Å²) >= 11 is 0. The van der Waals surface area contributed by atoms with Gasteiger partial charge in [0.05, 0.1) is 17.7 Å². The van der Waals surface area contributed by atoms with Crippen LogP contribution in [0.1, 0.15) is 79.9 Å². The Morgan fingerprint density at radius 2 is 1.78 bits per heavy atom. The fourth-order valence-electron chi connectivity index (χ4n) is 5.13. The molecule has 5 rings (SSSR count). The summed E-state index contributed by atoms with van der Waals surface area (Å²) in [5.41, 5.74) is 5.37. The Balaban J connectivity index is 1.43. The van der Waals surface area contributed by atoms with Gasteiger partial charge in [-0.2, -0.15) is 0 Å². The first-order chi connectivity index (χ1) is 17.8. The molecular formula is C28H35N5O4. The number of rotatable bonds is 8. The molecule has 0 radical (unpaired) electrons. The molecule has 1 aromatic carbocycles. The van der Waals surface area contributed by atoms with E-state index < -0.39 is 6.09 Å². The molecule has 9 nitrogen and oxygen atoms in total. The number of hydrogen-bond acceptors (Lipinski definition) is 5. The third-order valence-electron chi connectivity index (χ3n) is 7.49. The third-order valence-corrected chi connectivity index (χ3v) is 7.49. The number of hydrogen-bond donors (Lipinski definition) is 4. The predicted molar refractivity (Wildman–Crippen MR) is 141 cm³/mol. The lowest BCUT2D eigenvalue weighted by Gasteiger charge is -2.28. The van der Waals surface area contributed by atoms with E-state index in [2.05, 4.69) is 51.6 Å². The van der Waals surface area contributed by atoms with Gasteiger partial charge < -0.3 is 25.5 Å². The summed E-state index contributed by atoms with van der Waals surface area (Å²) in [6.07, 6.45) is 5.78. The van der Waals surface area contributed by atoms with Gasteiger partial charge in [-0.1, -0.05) is 19.9 Å². The third kappa shape index (κ3) is 5.55. The van der Waals surface area contributed by atoms with E-state index in [-0.39, 0.29) is 18.0 Å². The summed E-state index contributed by atoms with van der Waals surface area (Å²) in [5, 5.41) is 14.6. The fourth-order valence-corrected chi connectivity index (χ4v) is 5.13. The van der Waals surface area contributed by atoms with Gasteiger partial charge >= 0.3 is 6.09 Å². The van der Waals surface area contributed by atoms with Gasteiger partial charge in [-0.15, -0.1) is 0 Å². The number of nitrogens with zero attached hydrogens (tertiary/aromatic N) is 2. The molecule has 0 bridgehead atoms. The Morgan fingerprint density at radius 3 is 2.43 bits per heavy atom. The van der Waals surface area contributed by atoms with Gasteiger partial charge in [0.2, 0.25) is 0 Å². The van der Waals surface area contributed by atoms with Gasteiger partial charge in [-0.3, -0.25) is 4.79 Å². The summed E-state index contributed by atoms with van der Waals surface area (Å²) < 4.78 is 6.22. The zero-order valence-electron chi connectivity index (χ0n) is 21.6. The van der Waals surface area contributed by atoms with Crippen molar-refractivity contribution in [1.29, 1.82) is 0 Å². The number of nitrogens with one attached hydrogen (secondary N) is 3. The largest absolute Gasteiger partial charge is 0.493 e. The maximum atomic E-state index is 13.4. The first kappa shape index (κ1) is 25.0. The second-order valence-corrected chi connectivity index (χ2v) is 10.7. The van der Waals surface area contributed by atoms with E-state index >= 15 is 0 Å². The standard InChI is InChI=1S/C28H35N5O4/c1-15(2)18-6-11-22(37-13-17-4-5-17)21(12-18)24-26-25(30-14-29-24)23(16(3)31-26)27(34)32-19-7-9-20(10-8-19)33-28(35)36/h6,11-12,14-15,17,19-20,31,33H,4-5,7-10,13H2,1-3H3,(H,32,34)(H,35,36). The number of aromatic nitrogens is 3. The number of carbonyl (C=O) groups is 2. The molecule has 4 N–H and O–H groups in total. The molecule has 2 fully saturated rings. The van der Waals surface area contributed by atoms with E-state index in [1.54, 1.807) is 0 Å². The molecular weight excluding hydrogens is 470 g/mol. The van der Waals surface area contributed by atoms with Crippen LogP contribution in [-0.2, 0) is 0 Å². The summed E-state index contributed by atoms with van der Waals surface area (Å²) in [7, 11) is 0. The van der Waals surface area contributed by atoms with Crippen molar-refractivity contribution in [3.05, 3.63) is 41.3 Å². The second kappa shape index (κ2) is 10.4. The Bertz CT molecular complexity index is 1310. The van der Waals surface area contributed by atoms with Crippen molar-refractivity contribution in [3.8, 4) is 17.0 Å². The van der Waals surface area contributed by atoms with E-state index in [9.17, 15) is 9.59 Å². The fraction of sp³-hybridized carbons (Fsp3) is 0.500. The number of carbonyl (C=O) groups excluding carboxylic acids is 1. The lowest BCUT2D eigenvalue weighted by Crippen LogP contribution is -2.43. The maximum absolute atomic E-state index is 13.4. The predicted octanol–water partition coefficient (Wildman–Crippen LogP) is 5.15. The molecule has 2 aliphatic carbocycles. The zero-order valence-corrected chi connectivity index (χ0v) is 21.6. The average Bonchev–Trinajstić information content (AvgIpc) is 3.63. The van der Waals surface area contributed by atoms with Crippen LogP contribution in [0.25, 0.3) is 22.3 Å². The van der Waals surface area contributed by atoms with Crippen LogP contribution >= 0.6 is 0 Å². The van der Waals surface area contributed by atoms with Crippen LogP contribution < -0.4 is 15.4 Å². The molecule has 0 unspecified atom stereocenters. The molecule has 2 heterocycles. The molecule has 2 amide bonds. The number of H-pyrrole nitrogens is 1. The summed E-state index contributed by atoms with van der Waals surface area (Å²) in [6, 6.07) is 6.20. The van der Waals surface area contributed by atoms with Crippen LogP contribution in [0.15, 0.2) is 24.5 Å². The molecule has 2 aromatic heterocycles. The Hall–Kier alpha value is -3.62. The molecule has 37 heavy (non-hydrogen) atoms. The van der Waals surface area contributed by atoms with Crippen molar-refractivity contribution in [2.24, 2.45) is 5.92 Å². The van der Waals surface area contributed by atoms with Crippen LogP contribution in [0.3, 0.4) is 0 Å². The van der Waals surface area contributed by atoms with Crippen molar-refractivity contribution in [2.45, 2.75) is 77.3 Å². The monoisotopic (exact) mass is 505 g/mol.